The molecule has 3 aromatic heterocycles. The number of aromatic nitrogens is 4. The molecule has 1 aliphatic rings. The summed E-state index contributed by atoms with van der Waals surface area (Å²) in [4.78, 5) is 15.7. The monoisotopic (exact) mass is 756 g/mol. The first-order chi connectivity index (χ1) is 29.0. The SMILES string of the molecule is CC1(C)c2ccccc2-c2ccc(-c3nc(-c4ccccc4)nc(-c4ccccc4-n4c5ccccc5c5c6c(ccc54)oc4c(-c5ccccc5)cccc46)n3)cc21. The van der Waals surface area contributed by atoms with Crippen molar-refractivity contribution in [3.05, 3.63) is 193 Å². The molecule has 1 aliphatic carbocycles. The second-order valence-electron chi connectivity index (χ2n) is 16.0. The summed E-state index contributed by atoms with van der Waals surface area (Å²) in [6.07, 6.45) is 0. The van der Waals surface area contributed by atoms with Crippen LogP contribution in [0.5, 0.6) is 0 Å². The number of fused-ring (bicyclic) bond motifs is 10. The third-order valence-electron chi connectivity index (χ3n) is 12.3. The van der Waals surface area contributed by atoms with Crippen molar-refractivity contribution in [2.24, 2.45) is 0 Å². The van der Waals surface area contributed by atoms with Crippen LogP contribution in [0.1, 0.15) is 25.0 Å². The Kier molecular flexibility index (Phi) is 7.20. The lowest BCUT2D eigenvalue weighted by Gasteiger charge is -2.21. The molecular weight excluding hydrogens is 721 g/mol. The van der Waals surface area contributed by atoms with Gasteiger partial charge in [-0.2, -0.15) is 0 Å². The summed E-state index contributed by atoms with van der Waals surface area (Å²) in [5, 5.41) is 4.51. The van der Waals surface area contributed by atoms with Crippen molar-refractivity contribution >= 4 is 43.7 Å². The molecule has 59 heavy (non-hydrogen) atoms. The molecule has 12 rings (SSSR count). The Balaban J connectivity index is 1.09. The molecule has 0 radical (unpaired) electrons. The molecule has 0 fully saturated rings. The molecule has 0 amide bonds. The molecular formula is C54H36N4O. The van der Waals surface area contributed by atoms with Gasteiger partial charge in [-0.1, -0.05) is 159 Å². The van der Waals surface area contributed by atoms with Gasteiger partial charge in [0.2, 0.25) is 0 Å². The summed E-state index contributed by atoms with van der Waals surface area (Å²) in [7, 11) is 0. The number of rotatable bonds is 5. The second-order valence-corrected chi connectivity index (χ2v) is 16.0. The van der Waals surface area contributed by atoms with E-state index in [4.69, 9.17) is 19.4 Å². The van der Waals surface area contributed by atoms with E-state index < -0.39 is 0 Å². The Hall–Kier alpha value is -7.63. The number of para-hydroxylation sites is 3. The van der Waals surface area contributed by atoms with Crippen LogP contribution in [0.3, 0.4) is 0 Å². The zero-order valence-electron chi connectivity index (χ0n) is 32.5. The summed E-state index contributed by atoms with van der Waals surface area (Å²) in [6.45, 7) is 4.61. The van der Waals surface area contributed by atoms with E-state index in [1.54, 1.807) is 0 Å². The van der Waals surface area contributed by atoms with Gasteiger partial charge in [-0.25, -0.2) is 15.0 Å². The van der Waals surface area contributed by atoms with E-state index in [9.17, 15) is 0 Å². The summed E-state index contributed by atoms with van der Waals surface area (Å²) >= 11 is 0. The van der Waals surface area contributed by atoms with Gasteiger partial charge in [-0.05, 0) is 64.2 Å². The average Bonchev–Trinajstić information content (AvgIpc) is 3.92. The number of hydrogen-bond acceptors (Lipinski definition) is 4. The number of hydrogen-bond donors (Lipinski definition) is 0. The minimum atomic E-state index is -0.155. The first-order valence-electron chi connectivity index (χ1n) is 20.1. The Bertz CT molecular complexity index is 3470. The van der Waals surface area contributed by atoms with Crippen molar-refractivity contribution in [3.63, 3.8) is 0 Å². The molecule has 0 spiro atoms. The molecule has 5 nitrogen and oxygen atoms in total. The lowest BCUT2D eigenvalue weighted by Crippen LogP contribution is -2.15. The third kappa shape index (κ3) is 5.01. The van der Waals surface area contributed by atoms with E-state index in [1.807, 2.05) is 24.3 Å². The maximum atomic E-state index is 6.74. The maximum Gasteiger partial charge on any atom is 0.166 e. The predicted molar refractivity (Wildman–Crippen MR) is 241 cm³/mol. The van der Waals surface area contributed by atoms with Crippen LogP contribution in [0.2, 0.25) is 0 Å². The highest BCUT2D eigenvalue weighted by Crippen LogP contribution is 2.50. The number of benzene rings is 8. The topological polar surface area (TPSA) is 56.7 Å². The van der Waals surface area contributed by atoms with E-state index in [2.05, 4.69) is 176 Å². The van der Waals surface area contributed by atoms with Gasteiger partial charge in [0.05, 0.1) is 16.7 Å². The van der Waals surface area contributed by atoms with Crippen LogP contribution < -0.4 is 0 Å². The van der Waals surface area contributed by atoms with Crippen molar-refractivity contribution in [1.29, 1.82) is 0 Å². The van der Waals surface area contributed by atoms with Crippen molar-refractivity contribution in [3.8, 4) is 62.1 Å². The second kappa shape index (κ2) is 12.7. The van der Waals surface area contributed by atoms with E-state index in [0.29, 0.717) is 17.5 Å². The normalized spacial score (nSPS) is 13.1. The Labute approximate surface area is 340 Å². The Morgan fingerprint density at radius 2 is 1.05 bits per heavy atom. The van der Waals surface area contributed by atoms with E-state index >= 15 is 0 Å². The van der Waals surface area contributed by atoms with Gasteiger partial charge in [-0.15, -0.1) is 0 Å². The highest BCUT2D eigenvalue weighted by molar-refractivity contribution is 6.28. The third-order valence-corrected chi connectivity index (χ3v) is 12.3. The van der Waals surface area contributed by atoms with Crippen molar-refractivity contribution < 1.29 is 4.42 Å². The van der Waals surface area contributed by atoms with Crippen LogP contribution in [0.4, 0.5) is 0 Å². The van der Waals surface area contributed by atoms with Crippen molar-refractivity contribution in [2.75, 3.05) is 0 Å². The Morgan fingerprint density at radius 1 is 0.424 bits per heavy atom. The molecule has 0 saturated heterocycles. The molecule has 3 heterocycles. The molecule has 0 aliphatic heterocycles. The van der Waals surface area contributed by atoms with Crippen LogP contribution >= 0.6 is 0 Å². The van der Waals surface area contributed by atoms with Crippen LogP contribution in [0.15, 0.2) is 186 Å². The Morgan fingerprint density at radius 3 is 1.88 bits per heavy atom. The summed E-state index contributed by atoms with van der Waals surface area (Å²) in [6, 6.07) is 64.0. The van der Waals surface area contributed by atoms with Gasteiger partial charge in [0, 0.05) is 49.2 Å². The molecule has 0 bridgehead atoms. The fourth-order valence-electron chi connectivity index (χ4n) is 9.50. The first-order valence-corrected chi connectivity index (χ1v) is 20.1. The zero-order valence-corrected chi connectivity index (χ0v) is 32.5. The molecule has 0 atom stereocenters. The largest absolute Gasteiger partial charge is 0.455 e. The minimum absolute atomic E-state index is 0.155. The zero-order chi connectivity index (χ0) is 39.2. The van der Waals surface area contributed by atoms with Gasteiger partial charge >= 0.3 is 0 Å². The van der Waals surface area contributed by atoms with Gasteiger partial charge in [0.25, 0.3) is 0 Å². The van der Waals surface area contributed by atoms with Gasteiger partial charge < -0.3 is 8.98 Å². The van der Waals surface area contributed by atoms with Gasteiger partial charge in [0.1, 0.15) is 11.2 Å². The van der Waals surface area contributed by atoms with E-state index in [1.165, 1.54) is 22.3 Å². The first kappa shape index (κ1) is 33.5. The molecule has 11 aromatic rings. The summed E-state index contributed by atoms with van der Waals surface area (Å²) in [5.41, 5.74) is 14.9. The number of furan rings is 1. The fourth-order valence-corrected chi connectivity index (χ4v) is 9.50. The molecule has 5 heteroatoms. The molecule has 8 aromatic carbocycles. The highest BCUT2D eigenvalue weighted by Gasteiger charge is 2.35. The fraction of sp³-hybridized carbons (Fsp3) is 0.0556. The van der Waals surface area contributed by atoms with Crippen molar-refractivity contribution in [1.82, 2.24) is 19.5 Å². The maximum absolute atomic E-state index is 6.74. The highest BCUT2D eigenvalue weighted by atomic mass is 16.3. The number of nitrogens with zero attached hydrogens (tertiary/aromatic N) is 4. The smallest absolute Gasteiger partial charge is 0.166 e. The van der Waals surface area contributed by atoms with Crippen molar-refractivity contribution in [2.45, 2.75) is 19.3 Å². The average molecular weight is 757 g/mol. The summed E-state index contributed by atoms with van der Waals surface area (Å²) < 4.78 is 9.10. The standard InChI is InChI=1S/C54H36N4O/c1-54(2)42-25-12-9-20-37(42)38-29-28-35(32-43(38)54)52-55-51(34-18-7-4-8-19-34)56-53(57-52)40-22-11-14-27-45(40)58-44-26-13-10-21-39(44)48-46(58)30-31-47-49(48)41-24-15-23-36(50(41)59-47)33-16-5-3-6-17-33/h3-32H,1-2H3. The lowest BCUT2D eigenvalue weighted by atomic mass is 9.82. The molecule has 0 unspecified atom stereocenters. The van der Waals surface area contributed by atoms with Crippen LogP contribution in [-0.4, -0.2) is 19.5 Å². The van der Waals surface area contributed by atoms with Gasteiger partial charge in [0.15, 0.2) is 17.5 Å². The van der Waals surface area contributed by atoms with Crippen LogP contribution in [0, 0.1) is 0 Å². The van der Waals surface area contributed by atoms with Gasteiger partial charge in [-0.3, -0.25) is 0 Å². The quantitative estimate of drug-likeness (QED) is 0.175. The lowest BCUT2D eigenvalue weighted by molar-refractivity contribution is 0.660. The summed E-state index contributed by atoms with van der Waals surface area (Å²) in [5.74, 6) is 1.88. The molecule has 0 N–H and O–H groups in total. The minimum Gasteiger partial charge on any atom is -0.455 e. The van der Waals surface area contributed by atoms with E-state index in [-0.39, 0.29) is 5.41 Å². The van der Waals surface area contributed by atoms with E-state index in [0.717, 1.165) is 77.2 Å². The van der Waals surface area contributed by atoms with Crippen LogP contribution in [-0.2, 0) is 5.41 Å². The van der Waals surface area contributed by atoms with Crippen LogP contribution in [0.25, 0.3) is 106 Å². The molecule has 278 valence electrons. The molecule has 0 saturated carbocycles. The predicted octanol–water partition coefficient (Wildman–Crippen LogP) is 13.8.